The summed E-state index contributed by atoms with van der Waals surface area (Å²) in [7, 11) is -4.23. The predicted molar refractivity (Wildman–Crippen MR) is 64.2 cm³/mol. The van der Waals surface area contributed by atoms with Crippen LogP contribution in [0.4, 0.5) is 0 Å². The minimum atomic E-state index is -4.23. The van der Waals surface area contributed by atoms with E-state index in [1.54, 1.807) is 32.0 Å². The Bertz CT molecular complexity index is 546. The molecule has 1 N–H and O–H groups in total. The smallest absolute Gasteiger partial charge is 0.540 e. The van der Waals surface area contributed by atoms with E-state index in [0.29, 0.717) is 11.3 Å². The first-order valence-electron chi connectivity index (χ1n) is 5.37. The van der Waals surface area contributed by atoms with Gasteiger partial charge >= 0.3 is 51.4 Å². The number of benzene rings is 1. The van der Waals surface area contributed by atoms with E-state index in [0.717, 1.165) is 0 Å². The summed E-state index contributed by atoms with van der Waals surface area (Å²) in [4.78, 5) is 0. The third-order valence-electron chi connectivity index (χ3n) is 2.42. The number of fused-ring (bicyclic) bond motifs is 1. The average molecular weight is 311 g/mol. The van der Waals surface area contributed by atoms with Gasteiger partial charge < -0.3 is 14.6 Å². The zero-order valence-electron chi connectivity index (χ0n) is 11.0. The van der Waals surface area contributed by atoms with Crippen LogP contribution in [0.5, 0.6) is 5.75 Å². The predicted octanol–water partition coefficient (Wildman–Crippen LogP) is -0.810. The largest absolute Gasteiger partial charge is 1.00 e. The molecule has 2 rings (SSSR count). The van der Waals surface area contributed by atoms with Gasteiger partial charge in [-0.3, -0.25) is 4.18 Å². The second-order valence-electron chi connectivity index (χ2n) is 4.38. The summed E-state index contributed by atoms with van der Waals surface area (Å²) >= 11 is 0. The van der Waals surface area contributed by atoms with Crippen LogP contribution < -0.4 is 56.1 Å². The Labute approximate surface area is 155 Å². The first kappa shape index (κ1) is 17.5. The molecular weight excluding hydrogens is 297 g/mol. The van der Waals surface area contributed by atoms with Crippen molar-refractivity contribution in [2.45, 2.75) is 25.7 Å². The SMILES string of the molecule is CC1(C)Oc2ccccc2[C@H](COS([NH-])(=O)=O)O1.[K+]. The molecule has 8 heteroatoms. The van der Waals surface area contributed by atoms with Crippen molar-refractivity contribution < 1.29 is 73.5 Å². The van der Waals surface area contributed by atoms with Gasteiger partial charge in [-0.05, 0) is 6.07 Å². The Morgan fingerprint density at radius 2 is 2.00 bits per heavy atom. The average Bonchev–Trinajstić information content (AvgIpc) is 2.23. The molecule has 1 atom stereocenters. The Kier molecular flexibility index (Phi) is 6.00. The summed E-state index contributed by atoms with van der Waals surface area (Å²) in [5, 5.41) is 6.70. The Morgan fingerprint density at radius 3 is 2.63 bits per heavy atom. The van der Waals surface area contributed by atoms with Gasteiger partial charge in [0.1, 0.15) is 11.9 Å². The summed E-state index contributed by atoms with van der Waals surface area (Å²) in [6.07, 6.45) is -0.579. The van der Waals surface area contributed by atoms with Gasteiger partial charge in [0, 0.05) is 19.4 Å². The van der Waals surface area contributed by atoms with Crippen molar-refractivity contribution in [2.75, 3.05) is 6.61 Å². The van der Waals surface area contributed by atoms with E-state index in [9.17, 15) is 8.42 Å². The van der Waals surface area contributed by atoms with Crippen molar-refractivity contribution in [1.82, 2.24) is 0 Å². The van der Waals surface area contributed by atoms with Crippen LogP contribution in [0.3, 0.4) is 0 Å². The number of ether oxygens (including phenoxy) is 2. The molecule has 0 saturated carbocycles. The van der Waals surface area contributed by atoms with Gasteiger partial charge in [0.2, 0.25) is 5.79 Å². The summed E-state index contributed by atoms with van der Waals surface area (Å²) < 4.78 is 37.1. The van der Waals surface area contributed by atoms with Gasteiger partial charge in [0.15, 0.2) is 10.3 Å². The van der Waals surface area contributed by atoms with Gasteiger partial charge in [-0.15, -0.1) is 0 Å². The van der Waals surface area contributed by atoms with Crippen molar-refractivity contribution in [3.63, 3.8) is 0 Å². The molecule has 1 aliphatic rings. The van der Waals surface area contributed by atoms with Crippen molar-refractivity contribution in [3.05, 3.63) is 35.0 Å². The monoisotopic (exact) mass is 311 g/mol. The third-order valence-corrected chi connectivity index (χ3v) is 2.87. The summed E-state index contributed by atoms with van der Waals surface area (Å²) in [6.45, 7) is 3.21. The van der Waals surface area contributed by atoms with Crippen LogP contribution in [0.15, 0.2) is 24.3 Å². The van der Waals surface area contributed by atoms with E-state index in [-0.39, 0.29) is 58.0 Å². The van der Waals surface area contributed by atoms with Crippen LogP contribution in [0, 0.1) is 0 Å². The molecule has 0 bridgehead atoms. The van der Waals surface area contributed by atoms with Gasteiger partial charge in [-0.1, -0.05) is 18.2 Å². The van der Waals surface area contributed by atoms with Crippen LogP contribution in [0.1, 0.15) is 25.5 Å². The molecule has 0 radical (unpaired) electrons. The fourth-order valence-electron chi connectivity index (χ4n) is 1.81. The van der Waals surface area contributed by atoms with Crippen molar-refractivity contribution in [2.24, 2.45) is 0 Å². The van der Waals surface area contributed by atoms with Gasteiger partial charge in [-0.25, -0.2) is 8.42 Å². The number of hydrogen-bond donors (Lipinski definition) is 0. The molecule has 19 heavy (non-hydrogen) atoms. The fourth-order valence-corrected chi connectivity index (χ4v) is 2.11. The number of nitrogens with one attached hydrogen (secondary N) is 1. The van der Waals surface area contributed by atoms with Gasteiger partial charge in [0.25, 0.3) is 0 Å². The molecule has 0 aliphatic carbocycles. The molecule has 1 heterocycles. The van der Waals surface area contributed by atoms with E-state index in [1.807, 2.05) is 6.07 Å². The molecule has 0 amide bonds. The minimum absolute atomic E-state index is 0. The van der Waals surface area contributed by atoms with E-state index in [1.165, 1.54) is 0 Å². The number of hydrogen-bond acceptors (Lipinski definition) is 5. The van der Waals surface area contributed by atoms with Crippen LogP contribution in [0.2, 0.25) is 0 Å². The first-order chi connectivity index (χ1) is 8.27. The van der Waals surface area contributed by atoms with E-state index >= 15 is 0 Å². The van der Waals surface area contributed by atoms with Crippen molar-refractivity contribution in [1.29, 1.82) is 0 Å². The molecular formula is C11H14KNO5S. The van der Waals surface area contributed by atoms with Gasteiger partial charge in [-0.2, -0.15) is 0 Å². The Hall–Kier alpha value is 0.486. The molecule has 100 valence electrons. The standard InChI is InChI=1S/C11H14NO5S.K/c1-11(2)16-9-6-4-3-5-8(9)10(17-11)7-15-18(12,13)14;/h3-6,10H,7H2,1-2H3,(H-,12,13,14);/q-1;+1/t10-;/m0./s1. The molecule has 6 nitrogen and oxygen atoms in total. The summed E-state index contributed by atoms with van der Waals surface area (Å²) in [5.41, 5.74) is 0.709. The second kappa shape index (κ2) is 6.50. The maximum absolute atomic E-state index is 10.7. The van der Waals surface area contributed by atoms with Crippen LogP contribution >= 0.6 is 0 Å². The normalized spacial score (nSPS) is 20.9. The molecule has 0 unspecified atom stereocenters. The zero-order valence-corrected chi connectivity index (χ0v) is 15.0. The van der Waals surface area contributed by atoms with Gasteiger partial charge in [0.05, 0.1) is 6.61 Å². The Balaban J connectivity index is 0.00000180. The second-order valence-corrected chi connectivity index (χ2v) is 5.53. The zero-order chi connectivity index (χ0) is 13.4. The molecule has 1 aromatic rings. The molecule has 0 aromatic heterocycles. The minimum Gasteiger partial charge on any atom is -0.540 e. The fraction of sp³-hybridized carbons (Fsp3) is 0.455. The maximum atomic E-state index is 10.7. The molecule has 0 fully saturated rings. The molecule has 1 aliphatic heterocycles. The van der Waals surface area contributed by atoms with Crippen LogP contribution in [-0.2, 0) is 19.2 Å². The van der Waals surface area contributed by atoms with E-state index in [2.05, 4.69) is 4.18 Å². The summed E-state index contributed by atoms with van der Waals surface area (Å²) in [6, 6.07) is 7.17. The van der Waals surface area contributed by atoms with E-state index < -0.39 is 22.2 Å². The molecule has 1 aromatic carbocycles. The van der Waals surface area contributed by atoms with Crippen molar-refractivity contribution in [3.8, 4) is 5.75 Å². The number of rotatable bonds is 3. The quantitative estimate of drug-likeness (QED) is 0.682. The molecule has 0 spiro atoms. The van der Waals surface area contributed by atoms with E-state index in [4.69, 9.17) is 14.6 Å². The topological polar surface area (TPSA) is 85.6 Å². The number of para-hydroxylation sites is 1. The third kappa shape index (κ3) is 5.07. The summed E-state index contributed by atoms with van der Waals surface area (Å²) in [5.74, 6) is -0.238. The first-order valence-corrected chi connectivity index (χ1v) is 6.77. The van der Waals surface area contributed by atoms with Crippen molar-refractivity contribution >= 4 is 10.3 Å². The maximum Gasteiger partial charge on any atom is 1.00 e. The Morgan fingerprint density at radius 1 is 1.37 bits per heavy atom. The van der Waals surface area contributed by atoms with Crippen LogP contribution in [-0.4, -0.2) is 20.8 Å². The molecule has 0 saturated heterocycles. The van der Waals surface area contributed by atoms with Crippen LogP contribution in [0.25, 0.3) is 5.14 Å².